The highest BCUT2D eigenvalue weighted by molar-refractivity contribution is 5.92. The quantitative estimate of drug-likeness (QED) is 0.948. The number of aromatic nitrogens is 2. The summed E-state index contributed by atoms with van der Waals surface area (Å²) in [6, 6.07) is 12.0. The Morgan fingerprint density at radius 3 is 2.78 bits per heavy atom. The molecule has 0 unspecified atom stereocenters. The molecule has 2 heterocycles. The van der Waals surface area contributed by atoms with Crippen molar-refractivity contribution in [3.63, 3.8) is 0 Å². The van der Waals surface area contributed by atoms with Crippen LogP contribution in [0.3, 0.4) is 0 Å². The molecule has 2 aliphatic rings. The van der Waals surface area contributed by atoms with Crippen molar-refractivity contribution in [2.75, 3.05) is 13.1 Å². The van der Waals surface area contributed by atoms with Crippen LogP contribution in [-0.4, -0.2) is 40.2 Å². The van der Waals surface area contributed by atoms with Gasteiger partial charge in [0.15, 0.2) is 0 Å². The lowest BCUT2D eigenvalue weighted by atomic mass is 10.1. The van der Waals surface area contributed by atoms with E-state index in [1.54, 1.807) is 0 Å². The summed E-state index contributed by atoms with van der Waals surface area (Å²) in [4.78, 5) is 14.6. The number of aromatic amines is 1. The number of carbonyl (C=O) groups excluding carboxylic acids is 1. The second-order valence-electron chi connectivity index (χ2n) is 6.54. The molecule has 0 spiro atoms. The molecule has 1 saturated carbocycles. The number of ether oxygens (including phenoxy) is 1. The Morgan fingerprint density at radius 1 is 1.26 bits per heavy atom. The van der Waals surface area contributed by atoms with Crippen molar-refractivity contribution >= 4 is 5.91 Å². The van der Waals surface area contributed by atoms with Crippen LogP contribution in [0.5, 0.6) is 0 Å². The van der Waals surface area contributed by atoms with Crippen LogP contribution in [0.4, 0.5) is 0 Å². The van der Waals surface area contributed by atoms with Gasteiger partial charge in [0, 0.05) is 18.2 Å². The zero-order valence-corrected chi connectivity index (χ0v) is 13.2. The van der Waals surface area contributed by atoms with Gasteiger partial charge in [-0.05, 0) is 31.4 Å². The summed E-state index contributed by atoms with van der Waals surface area (Å²) in [6.45, 7) is 3.18. The Kier molecular flexibility index (Phi) is 3.65. The minimum absolute atomic E-state index is 0.00997. The van der Waals surface area contributed by atoms with Crippen LogP contribution in [0.1, 0.15) is 53.5 Å². The van der Waals surface area contributed by atoms with Gasteiger partial charge >= 0.3 is 0 Å². The molecular formula is C18H21N3O2. The number of benzene rings is 1. The molecule has 2 fully saturated rings. The first-order chi connectivity index (χ1) is 11.2. The molecule has 1 aliphatic carbocycles. The largest absolute Gasteiger partial charge is 0.367 e. The van der Waals surface area contributed by atoms with E-state index in [9.17, 15) is 4.79 Å². The van der Waals surface area contributed by atoms with Gasteiger partial charge in [0.2, 0.25) is 0 Å². The summed E-state index contributed by atoms with van der Waals surface area (Å²) < 4.78 is 6.02. The van der Waals surface area contributed by atoms with Crippen molar-refractivity contribution < 1.29 is 9.53 Å². The molecular weight excluding hydrogens is 290 g/mol. The normalized spacial score (nSPS) is 24.7. The van der Waals surface area contributed by atoms with Gasteiger partial charge in [-0.1, -0.05) is 30.3 Å². The first kappa shape index (κ1) is 14.5. The van der Waals surface area contributed by atoms with Crippen molar-refractivity contribution in [1.29, 1.82) is 0 Å². The Labute approximate surface area is 135 Å². The minimum atomic E-state index is -0.0780. The van der Waals surface area contributed by atoms with Crippen LogP contribution in [0.25, 0.3) is 0 Å². The van der Waals surface area contributed by atoms with Crippen LogP contribution in [0.15, 0.2) is 36.4 Å². The Morgan fingerprint density at radius 2 is 2.04 bits per heavy atom. The molecule has 23 heavy (non-hydrogen) atoms. The molecule has 4 rings (SSSR count). The third kappa shape index (κ3) is 3.01. The lowest BCUT2D eigenvalue weighted by Gasteiger charge is -2.36. The van der Waals surface area contributed by atoms with E-state index in [2.05, 4.69) is 10.2 Å². The maximum absolute atomic E-state index is 12.8. The van der Waals surface area contributed by atoms with E-state index in [1.807, 2.05) is 48.2 Å². The lowest BCUT2D eigenvalue weighted by molar-refractivity contribution is -0.0692. The highest BCUT2D eigenvalue weighted by Gasteiger charge is 2.32. The first-order valence-electron chi connectivity index (χ1n) is 8.25. The monoisotopic (exact) mass is 311 g/mol. The number of nitrogens with zero attached hydrogens (tertiary/aromatic N) is 2. The van der Waals surface area contributed by atoms with Crippen LogP contribution in [0, 0.1) is 0 Å². The van der Waals surface area contributed by atoms with Gasteiger partial charge < -0.3 is 9.64 Å². The molecule has 0 radical (unpaired) electrons. The Bertz CT molecular complexity index is 693. The number of hydrogen-bond acceptors (Lipinski definition) is 3. The van der Waals surface area contributed by atoms with Gasteiger partial charge in [0.05, 0.1) is 12.6 Å². The highest BCUT2D eigenvalue weighted by Crippen LogP contribution is 2.39. The Balaban J connectivity index is 1.51. The molecule has 1 aliphatic heterocycles. The molecule has 1 aromatic carbocycles. The van der Waals surface area contributed by atoms with Crippen molar-refractivity contribution in [2.45, 2.75) is 37.9 Å². The molecule has 2 atom stereocenters. The van der Waals surface area contributed by atoms with E-state index in [0.29, 0.717) is 24.7 Å². The maximum atomic E-state index is 12.8. The van der Waals surface area contributed by atoms with Crippen molar-refractivity contribution in [3.05, 3.63) is 53.3 Å². The molecule has 1 aromatic heterocycles. The summed E-state index contributed by atoms with van der Waals surface area (Å²) in [5.74, 6) is 0.564. The molecule has 5 nitrogen and oxygen atoms in total. The zero-order valence-electron chi connectivity index (χ0n) is 13.2. The van der Waals surface area contributed by atoms with Gasteiger partial charge in [-0.15, -0.1) is 0 Å². The van der Waals surface area contributed by atoms with Gasteiger partial charge in [-0.3, -0.25) is 9.89 Å². The second kappa shape index (κ2) is 5.81. The van der Waals surface area contributed by atoms with Crippen molar-refractivity contribution in [2.24, 2.45) is 0 Å². The van der Waals surface area contributed by atoms with Gasteiger partial charge in [0.1, 0.15) is 11.8 Å². The number of morpholine rings is 1. The molecule has 1 N–H and O–H groups in total. The fraction of sp³-hybridized carbons (Fsp3) is 0.444. The average molecular weight is 311 g/mol. The third-order valence-corrected chi connectivity index (χ3v) is 4.55. The maximum Gasteiger partial charge on any atom is 0.274 e. The van der Waals surface area contributed by atoms with E-state index >= 15 is 0 Å². The van der Waals surface area contributed by atoms with Gasteiger partial charge in [-0.2, -0.15) is 5.10 Å². The van der Waals surface area contributed by atoms with E-state index in [1.165, 1.54) is 12.8 Å². The molecule has 5 heteroatoms. The first-order valence-corrected chi connectivity index (χ1v) is 8.25. The molecule has 1 saturated heterocycles. The summed E-state index contributed by atoms with van der Waals surface area (Å²) >= 11 is 0. The topological polar surface area (TPSA) is 58.2 Å². The van der Waals surface area contributed by atoms with Crippen molar-refractivity contribution in [1.82, 2.24) is 15.1 Å². The Hall–Kier alpha value is -2.14. The third-order valence-electron chi connectivity index (χ3n) is 4.55. The van der Waals surface area contributed by atoms with E-state index in [0.717, 1.165) is 11.3 Å². The summed E-state index contributed by atoms with van der Waals surface area (Å²) in [5, 5.41) is 7.23. The number of nitrogens with one attached hydrogen (secondary N) is 1. The summed E-state index contributed by atoms with van der Waals surface area (Å²) in [5.41, 5.74) is 2.72. The molecule has 2 aromatic rings. The van der Waals surface area contributed by atoms with Gasteiger partial charge in [0.25, 0.3) is 5.91 Å². The van der Waals surface area contributed by atoms with E-state index in [4.69, 9.17) is 4.74 Å². The average Bonchev–Trinajstić information content (AvgIpc) is 3.32. The second-order valence-corrected chi connectivity index (χ2v) is 6.54. The number of rotatable bonds is 3. The fourth-order valence-corrected chi connectivity index (χ4v) is 3.18. The van der Waals surface area contributed by atoms with Crippen LogP contribution in [0.2, 0.25) is 0 Å². The van der Waals surface area contributed by atoms with E-state index in [-0.39, 0.29) is 18.1 Å². The van der Waals surface area contributed by atoms with Crippen LogP contribution < -0.4 is 0 Å². The van der Waals surface area contributed by atoms with Crippen molar-refractivity contribution in [3.8, 4) is 0 Å². The minimum Gasteiger partial charge on any atom is -0.367 e. The SMILES string of the molecule is C[C@@H]1CN(C(=O)c2cc(C3CC3)[nH]n2)C[C@H](c2ccccc2)O1. The smallest absolute Gasteiger partial charge is 0.274 e. The summed E-state index contributed by atoms with van der Waals surface area (Å²) in [6.07, 6.45) is 2.33. The highest BCUT2D eigenvalue weighted by atomic mass is 16.5. The molecule has 1 amide bonds. The van der Waals surface area contributed by atoms with Crippen LogP contribution in [-0.2, 0) is 4.74 Å². The zero-order chi connectivity index (χ0) is 15.8. The predicted octanol–water partition coefficient (Wildman–Crippen LogP) is 2.89. The predicted molar refractivity (Wildman–Crippen MR) is 86.2 cm³/mol. The number of amides is 1. The number of H-pyrrole nitrogens is 1. The number of carbonyl (C=O) groups is 1. The molecule has 120 valence electrons. The summed E-state index contributed by atoms with van der Waals surface area (Å²) in [7, 11) is 0. The van der Waals surface area contributed by atoms with E-state index < -0.39 is 0 Å². The van der Waals surface area contributed by atoms with Crippen LogP contribution >= 0.6 is 0 Å². The molecule has 0 bridgehead atoms. The van der Waals surface area contributed by atoms with Gasteiger partial charge in [-0.25, -0.2) is 0 Å². The fourth-order valence-electron chi connectivity index (χ4n) is 3.18. The lowest BCUT2D eigenvalue weighted by Crippen LogP contribution is -2.46. The standard InChI is InChI=1S/C18H21N3O2/c1-12-10-21(11-17(23-12)14-5-3-2-4-6-14)18(22)16-9-15(19-20-16)13-7-8-13/h2-6,9,12-13,17H,7-8,10-11H2,1H3,(H,19,20)/t12-,17-/m1/s1. The number of hydrogen-bond donors (Lipinski definition) is 1.